The van der Waals surface area contributed by atoms with E-state index in [1.807, 2.05) is 13.0 Å². The van der Waals surface area contributed by atoms with Crippen LogP contribution in [0.1, 0.15) is 30.0 Å². The van der Waals surface area contributed by atoms with Crippen LogP contribution in [0, 0.1) is 6.92 Å². The van der Waals surface area contributed by atoms with Crippen LogP contribution in [0.25, 0.3) is 0 Å². The number of piperidine rings is 1. The molecule has 1 saturated heterocycles. The first-order chi connectivity index (χ1) is 10.7. The average molecular weight is 319 g/mol. The highest BCUT2D eigenvalue weighted by molar-refractivity contribution is 7.15. The topological polar surface area (TPSA) is 92.8 Å². The molecule has 0 amide bonds. The van der Waals surface area contributed by atoms with Crippen LogP contribution in [0.15, 0.2) is 6.07 Å². The summed E-state index contributed by atoms with van der Waals surface area (Å²) in [7, 11) is 0. The Morgan fingerprint density at radius 2 is 2.05 bits per heavy atom. The lowest BCUT2D eigenvalue weighted by Gasteiger charge is -2.27. The summed E-state index contributed by atoms with van der Waals surface area (Å²) >= 11 is 1.43. The van der Waals surface area contributed by atoms with Gasteiger partial charge in [0.2, 0.25) is 11.1 Å². The maximum absolute atomic E-state index is 5.58. The van der Waals surface area contributed by atoms with E-state index in [0.717, 1.165) is 48.5 Å². The van der Waals surface area contributed by atoms with Gasteiger partial charge in [-0.25, -0.2) is 4.98 Å². The van der Waals surface area contributed by atoms with E-state index in [4.69, 9.17) is 5.73 Å². The number of nitrogens with one attached hydrogen (secondary N) is 1. The standard InChI is InChI=1S/C14H21N7S/c1-10-9-11(16-6-5-12-19-20-13(15)22-12)18-14(17-10)21-7-3-2-4-8-21/h9H,2-8H2,1H3,(H2,15,20)(H,16,17,18). The van der Waals surface area contributed by atoms with Gasteiger partial charge >= 0.3 is 0 Å². The molecule has 8 heteroatoms. The van der Waals surface area contributed by atoms with Gasteiger partial charge in [0, 0.05) is 37.8 Å². The van der Waals surface area contributed by atoms with Crippen LogP contribution >= 0.6 is 11.3 Å². The van der Waals surface area contributed by atoms with Crippen molar-refractivity contribution in [2.45, 2.75) is 32.6 Å². The highest BCUT2D eigenvalue weighted by Crippen LogP contribution is 2.18. The summed E-state index contributed by atoms with van der Waals surface area (Å²) in [5.74, 6) is 1.70. The number of anilines is 3. The van der Waals surface area contributed by atoms with Crippen molar-refractivity contribution in [1.29, 1.82) is 0 Å². The van der Waals surface area contributed by atoms with Crippen molar-refractivity contribution in [3.8, 4) is 0 Å². The predicted molar refractivity (Wildman–Crippen MR) is 89.3 cm³/mol. The van der Waals surface area contributed by atoms with Crippen molar-refractivity contribution in [3.05, 3.63) is 16.8 Å². The van der Waals surface area contributed by atoms with E-state index in [-0.39, 0.29) is 0 Å². The molecule has 0 bridgehead atoms. The normalized spacial score (nSPS) is 15.0. The predicted octanol–water partition coefficient (Wildman–Crippen LogP) is 1.86. The fourth-order valence-electron chi connectivity index (χ4n) is 2.54. The van der Waals surface area contributed by atoms with E-state index < -0.39 is 0 Å². The highest BCUT2D eigenvalue weighted by Gasteiger charge is 2.14. The number of aromatic nitrogens is 4. The van der Waals surface area contributed by atoms with E-state index in [1.54, 1.807) is 0 Å². The highest BCUT2D eigenvalue weighted by atomic mass is 32.1. The van der Waals surface area contributed by atoms with Crippen LogP contribution in [-0.2, 0) is 6.42 Å². The molecule has 0 radical (unpaired) electrons. The van der Waals surface area contributed by atoms with Gasteiger partial charge in [0.05, 0.1) is 0 Å². The molecule has 2 aromatic heterocycles. The molecule has 3 N–H and O–H groups in total. The Balaban J connectivity index is 1.61. The third kappa shape index (κ3) is 3.82. The van der Waals surface area contributed by atoms with Gasteiger partial charge in [-0.3, -0.25) is 0 Å². The zero-order chi connectivity index (χ0) is 15.4. The molecule has 1 fully saturated rings. The molecule has 0 unspecified atom stereocenters. The zero-order valence-electron chi connectivity index (χ0n) is 12.7. The summed E-state index contributed by atoms with van der Waals surface area (Å²) in [6, 6.07) is 1.97. The average Bonchev–Trinajstić information content (AvgIpc) is 2.93. The fourth-order valence-corrected chi connectivity index (χ4v) is 3.15. The lowest BCUT2D eigenvalue weighted by Crippen LogP contribution is -2.31. The second-order valence-corrected chi connectivity index (χ2v) is 6.55. The minimum Gasteiger partial charge on any atom is -0.374 e. The van der Waals surface area contributed by atoms with E-state index in [0.29, 0.717) is 5.13 Å². The monoisotopic (exact) mass is 319 g/mol. The Hall–Kier alpha value is -1.96. The van der Waals surface area contributed by atoms with Crippen LogP contribution in [0.5, 0.6) is 0 Å². The number of hydrogen-bond donors (Lipinski definition) is 2. The molecule has 1 aliphatic rings. The van der Waals surface area contributed by atoms with Gasteiger partial charge in [-0.05, 0) is 26.2 Å². The number of hydrogen-bond acceptors (Lipinski definition) is 8. The molecule has 0 spiro atoms. The first-order valence-corrected chi connectivity index (χ1v) is 8.45. The van der Waals surface area contributed by atoms with E-state index in [9.17, 15) is 0 Å². The Morgan fingerprint density at radius 3 is 2.77 bits per heavy atom. The molecule has 2 aromatic rings. The summed E-state index contributed by atoms with van der Waals surface area (Å²) < 4.78 is 0. The summed E-state index contributed by atoms with van der Waals surface area (Å²) in [4.78, 5) is 11.5. The van der Waals surface area contributed by atoms with Crippen LogP contribution in [-0.4, -0.2) is 39.8 Å². The lowest BCUT2D eigenvalue weighted by atomic mass is 10.1. The third-order valence-electron chi connectivity index (χ3n) is 3.61. The van der Waals surface area contributed by atoms with Crippen molar-refractivity contribution in [3.63, 3.8) is 0 Å². The van der Waals surface area contributed by atoms with Crippen molar-refractivity contribution in [2.24, 2.45) is 0 Å². The maximum Gasteiger partial charge on any atom is 0.227 e. The molecular weight excluding hydrogens is 298 g/mol. The minimum atomic E-state index is 0.514. The summed E-state index contributed by atoms with van der Waals surface area (Å²) in [6.45, 7) is 4.86. The molecular formula is C14H21N7S. The second kappa shape index (κ2) is 6.87. The first kappa shape index (κ1) is 15.0. The molecule has 3 heterocycles. The Morgan fingerprint density at radius 1 is 1.23 bits per heavy atom. The molecule has 1 aliphatic heterocycles. The summed E-state index contributed by atoms with van der Waals surface area (Å²) in [5, 5.41) is 12.6. The number of aryl methyl sites for hydroxylation is 1. The van der Waals surface area contributed by atoms with Gasteiger partial charge < -0.3 is 16.0 Å². The van der Waals surface area contributed by atoms with Gasteiger partial charge in [0.1, 0.15) is 10.8 Å². The van der Waals surface area contributed by atoms with Gasteiger partial charge in [0.25, 0.3) is 0 Å². The molecule has 0 aromatic carbocycles. The van der Waals surface area contributed by atoms with Crippen LogP contribution < -0.4 is 16.0 Å². The van der Waals surface area contributed by atoms with Gasteiger partial charge in [-0.15, -0.1) is 10.2 Å². The van der Waals surface area contributed by atoms with Gasteiger partial charge in [0.15, 0.2) is 0 Å². The quantitative estimate of drug-likeness (QED) is 0.869. The molecule has 7 nitrogen and oxygen atoms in total. The summed E-state index contributed by atoms with van der Waals surface area (Å²) in [5.41, 5.74) is 6.57. The van der Waals surface area contributed by atoms with E-state index in [2.05, 4.69) is 30.4 Å². The summed E-state index contributed by atoms with van der Waals surface area (Å²) in [6.07, 6.45) is 4.53. The maximum atomic E-state index is 5.58. The first-order valence-electron chi connectivity index (χ1n) is 7.63. The Bertz CT molecular complexity index is 621. The van der Waals surface area contributed by atoms with Gasteiger partial charge in [-0.2, -0.15) is 4.98 Å². The molecule has 118 valence electrons. The molecule has 0 aliphatic carbocycles. The van der Waals surface area contributed by atoms with Crippen molar-refractivity contribution < 1.29 is 0 Å². The van der Waals surface area contributed by atoms with Crippen LogP contribution in [0.3, 0.4) is 0 Å². The SMILES string of the molecule is Cc1cc(NCCc2nnc(N)s2)nc(N2CCCCC2)n1. The molecule has 0 saturated carbocycles. The van der Waals surface area contributed by atoms with E-state index >= 15 is 0 Å². The smallest absolute Gasteiger partial charge is 0.227 e. The number of nitrogens with two attached hydrogens (primary N) is 1. The van der Waals surface area contributed by atoms with Crippen LogP contribution in [0.2, 0.25) is 0 Å². The van der Waals surface area contributed by atoms with Crippen LogP contribution in [0.4, 0.5) is 16.9 Å². The van der Waals surface area contributed by atoms with Crippen molar-refractivity contribution in [1.82, 2.24) is 20.2 Å². The minimum absolute atomic E-state index is 0.514. The molecule has 0 atom stereocenters. The number of rotatable bonds is 5. The largest absolute Gasteiger partial charge is 0.374 e. The van der Waals surface area contributed by atoms with E-state index in [1.165, 1.54) is 30.6 Å². The fraction of sp³-hybridized carbons (Fsp3) is 0.571. The third-order valence-corrected chi connectivity index (χ3v) is 4.42. The molecule has 22 heavy (non-hydrogen) atoms. The molecule has 3 rings (SSSR count). The Labute approximate surface area is 134 Å². The van der Waals surface area contributed by atoms with Crippen molar-refractivity contribution >= 4 is 28.2 Å². The number of nitrogen functional groups attached to an aromatic ring is 1. The second-order valence-electron chi connectivity index (χ2n) is 5.45. The Kier molecular flexibility index (Phi) is 4.67. The van der Waals surface area contributed by atoms with Gasteiger partial charge in [-0.1, -0.05) is 11.3 Å². The number of nitrogens with zero attached hydrogens (tertiary/aromatic N) is 5. The zero-order valence-corrected chi connectivity index (χ0v) is 13.6. The van der Waals surface area contributed by atoms with Crippen molar-refractivity contribution in [2.75, 3.05) is 35.6 Å². The lowest BCUT2D eigenvalue weighted by molar-refractivity contribution is 0.568.